The third kappa shape index (κ3) is 15.1. The van der Waals surface area contributed by atoms with Gasteiger partial charge in [-0.25, -0.2) is 4.79 Å². The number of nitrogens with one attached hydrogen (secondary N) is 1. The lowest BCUT2D eigenvalue weighted by molar-refractivity contribution is -0.131. The van der Waals surface area contributed by atoms with Crippen molar-refractivity contribution in [2.75, 3.05) is 39.5 Å². The molecule has 42 heavy (non-hydrogen) atoms. The molecule has 1 atom stereocenters. The highest BCUT2D eigenvalue weighted by Crippen LogP contribution is 2.30. The molecule has 2 aromatic carbocycles. The number of carboxylic acid groups (broad SMARTS) is 1. The lowest BCUT2D eigenvalue weighted by Crippen LogP contribution is -2.37. The normalized spacial score (nSPS) is 16.2. The Bertz CT molecular complexity index is 1140. The number of benzene rings is 2. The fourth-order valence-corrected chi connectivity index (χ4v) is 4.87. The van der Waals surface area contributed by atoms with Crippen LogP contribution in [0.1, 0.15) is 56.1 Å². The molecule has 2 aromatic rings. The molecule has 0 bridgehead atoms. The van der Waals surface area contributed by atoms with Gasteiger partial charge in [0.25, 0.3) is 0 Å². The van der Waals surface area contributed by atoms with Gasteiger partial charge in [0.2, 0.25) is 0 Å². The highest BCUT2D eigenvalue weighted by Gasteiger charge is 2.28. The fraction of sp³-hybridized carbons (Fsp3) is 0.441. The second-order valence-corrected chi connectivity index (χ2v) is 11.3. The molecule has 0 aliphatic heterocycles. The Morgan fingerprint density at radius 2 is 1.69 bits per heavy atom. The molecule has 0 fully saturated rings. The van der Waals surface area contributed by atoms with Gasteiger partial charge < -0.3 is 25.4 Å². The van der Waals surface area contributed by atoms with Crippen molar-refractivity contribution in [2.24, 2.45) is 5.41 Å². The van der Waals surface area contributed by atoms with Gasteiger partial charge in [-0.15, -0.1) is 0 Å². The van der Waals surface area contributed by atoms with E-state index < -0.39 is 5.97 Å². The largest absolute Gasteiger partial charge is 0.478 e. The summed E-state index contributed by atoms with van der Waals surface area (Å²) in [5.74, 6) is -0.994. The van der Waals surface area contributed by atoms with Crippen LogP contribution in [0.15, 0.2) is 78.4 Å². The van der Waals surface area contributed by atoms with Gasteiger partial charge in [0.15, 0.2) is 0 Å². The number of rotatable bonds is 18. The maximum atomic E-state index is 10.2. The van der Waals surface area contributed by atoms with Gasteiger partial charge in [-0.1, -0.05) is 90.7 Å². The van der Waals surface area contributed by atoms with E-state index in [4.69, 9.17) is 33.0 Å². The number of aliphatic hydroxyl groups excluding tert-OH is 2. The van der Waals surface area contributed by atoms with E-state index in [0.29, 0.717) is 15.6 Å². The monoisotopic (exact) mass is 617 g/mol. The SMILES string of the molecule is O=C(O)C=Cc1ccc(Cl)c(Cl)c1.OCC1=CC=CC(CO)(CNCCCCCCOCCCCc2ccccc2)C1. The molecule has 0 radical (unpaired) electrons. The Morgan fingerprint density at radius 1 is 0.952 bits per heavy atom. The number of halogens is 2. The van der Waals surface area contributed by atoms with Crippen molar-refractivity contribution in [1.82, 2.24) is 5.32 Å². The van der Waals surface area contributed by atoms with Crippen LogP contribution in [0.2, 0.25) is 10.0 Å². The predicted octanol–water partition coefficient (Wildman–Crippen LogP) is 7.12. The Balaban J connectivity index is 0.000000395. The third-order valence-corrected chi connectivity index (χ3v) is 7.70. The van der Waals surface area contributed by atoms with Crippen LogP contribution in [-0.2, 0) is 16.0 Å². The van der Waals surface area contributed by atoms with Crippen molar-refractivity contribution in [2.45, 2.75) is 51.4 Å². The summed E-state index contributed by atoms with van der Waals surface area (Å²) in [5.41, 5.74) is 2.84. The fourth-order valence-electron chi connectivity index (χ4n) is 4.56. The lowest BCUT2D eigenvalue weighted by atomic mass is 9.79. The van der Waals surface area contributed by atoms with E-state index in [1.807, 2.05) is 12.2 Å². The van der Waals surface area contributed by atoms with Crippen LogP contribution in [0, 0.1) is 5.41 Å². The Kier molecular flexibility index (Phi) is 18.1. The topological polar surface area (TPSA) is 99.0 Å². The summed E-state index contributed by atoms with van der Waals surface area (Å²) in [6.45, 7) is 3.64. The quantitative estimate of drug-likeness (QED) is 0.105. The Morgan fingerprint density at radius 3 is 2.38 bits per heavy atom. The maximum absolute atomic E-state index is 10.2. The number of allylic oxidation sites excluding steroid dienone is 2. The molecule has 4 N–H and O–H groups in total. The molecular weight excluding hydrogens is 573 g/mol. The van der Waals surface area contributed by atoms with Gasteiger partial charge in [-0.2, -0.15) is 0 Å². The van der Waals surface area contributed by atoms with E-state index in [0.717, 1.165) is 70.1 Å². The molecule has 0 aromatic heterocycles. The van der Waals surface area contributed by atoms with Crippen molar-refractivity contribution in [3.8, 4) is 0 Å². The number of aliphatic hydroxyl groups is 2. The standard InChI is InChI=1S/C25H39NO3.C9H6Cl2O2/c27-20-24-14-10-15-25(19-24,22-28)21-26-16-7-1-2-8-17-29-18-9-6-13-23-11-4-3-5-12-23;10-7-3-1-6(5-8(7)11)2-4-9(12)13/h3-5,10-12,14-15,26-28H,1-2,6-9,13,16-22H2;1-5H,(H,12,13). The summed E-state index contributed by atoms with van der Waals surface area (Å²) in [6.07, 6.45) is 17.3. The van der Waals surface area contributed by atoms with E-state index >= 15 is 0 Å². The van der Waals surface area contributed by atoms with Crippen molar-refractivity contribution < 1.29 is 24.9 Å². The zero-order valence-corrected chi connectivity index (χ0v) is 25.8. The van der Waals surface area contributed by atoms with Gasteiger partial charge in [0, 0.05) is 31.2 Å². The first kappa shape index (κ1) is 35.7. The van der Waals surface area contributed by atoms with Crippen LogP contribution in [-0.4, -0.2) is 60.8 Å². The van der Waals surface area contributed by atoms with Gasteiger partial charge in [-0.3, -0.25) is 0 Å². The van der Waals surface area contributed by atoms with Gasteiger partial charge >= 0.3 is 5.97 Å². The first-order valence-electron chi connectivity index (χ1n) is 14.6. The average molecular weight is 619 g/mol. The summed E-state index contributed by atoms with van der Waals surface area (Å²) in [7, 11) is 0. The number of hydrogen-bond donors (Lipinski definition) is 4. The molecule has 0 spiro atoms. The Hall–Kier alpha value is -2.45. The average Bonchev–Trinajstić information content (AvgIpc) is 3.01. The molecule has 3 rings (SSSR count). The van der Waals surface area contributed by atoms with Crippen LogP contribution in [0.25, 0.3) is 6.08 Å². The van der Waals surface area contributed by atoms with Crippen LogP contribution >= 0.6 is 23.2 Å². The molecular formula is C34H45Cl2NO5. The van der Waals surface area contributed by atoms with Crippen molar-refractivity contribution >= 4 is 35.2 Å². The molecule has 6 nitrogen and oxygen atoms in total. The zero-order chi connectivity index (χ0) is 30.5. The minimum atomic E-state index is -0.994. The van der Waals surface area contributed by atoms with E-state index in [1.54, 1.807) is 18.2 Å². The summed E-state index contributed by atoms with van der Waals surface area (Å²) >= 11 is 11.4. The van der Waals surface area contributed by atoms with E-state index in [1.165, 1.54) is 30.9 Å². The second kappa shape index (κ2) is 21.3. The molecule has 0 saturated heterocycles. The van der Waals surface area contributed by atoms with Gasteiger partial charge in [-0.05, 0) is 80.0 Å². The van der Waals surface area contributed by atoms with Gasteiger partial charge in [0.1, 0.15) is 0 Å². The number of unbranched alkanes of at least 4 members (excludes halogenated alkanes) is 4. The first-order chi connectivity index (χ1) is 20.4. The number of ether oxygens (including phenoxy) is 1. The number of aliphatic carboxylic acids is 1. The smallest absolute Gasteiger partial charge is 0.328 e. The molecule has 230 valence electrons. The summed E-state index contributed by atoms with van der Waals surface area (Å²) in [4.78, 5) is 10.2. The molecule has 0 heterocycles. The first-order valence-corrected chi connectivity index (χ1v) is 15.4. The van der Waals surface area contributed by atoms with E-state index in [9.17, 15) is 15.0 Å². The molecule has 0 saturated carbocycles. The predicted molar refractivity (Wildman–Crippen MR) is 173 cm³/mol. The molecule has 8 heteroatoms. The highest BCUT2D eigenvalue weighted by atomic mass is 35.5. The van der Waals surface area contributed by atoms with Crippen LogP contribution in [0.5, 0.6) is 0 Å². The lowest BCUT2D eigenvalue weighted by Gasteiger charge is -2.32. The summed E-state index contributed by atoms with van der Waals surface area (Å²) in [5, 5.41) is 31.8. The van der Waals surface area contributed by atoms with Crippen LogP contribution < -0.4 is 5.32 Å². The number of carbonyl (C=O) groups is 1. The van der Waals surface area contributed by atoms with Crippen LogP contribution in [0.4, 0.5) is 0 Å². The zero-order valence-electron chi connectivity index (χ0n) is 24.3. The number of aryl methyl sites for hydroxylation is 1. The van der Waals surface area contributed by atoms with Crippen molar-refractivity contribution in [1.29, 1.82) is 0 Å². The highest BCUT2D eigenvalue weighted by molar-refractivity contribution is 6.42. The van der Waals surface area contributed by atoms with Crippen molar-refractivity contribution in [3.63, 3.8) is 0 Å². The molecule has 1 unspecified atom stereocenters. The summed E-state index contributed by atoms with van der Waals surface area (Å²) < 4.78 is 5.75. The van der Waals surface area contributed by atoms with Gasteiger partial charge in [0.05, 0.1) is 23.3 Å². The number of carboxylic acids is 1. The minimum absolute atomic E-state index is 0.0706. The minimum Gasteiger partial charge on any atom is -0.478 e. The Labute approximate surface area is 260 Å². The van der Waals surface area contributed by atoms with E-state index in [2.05, 4.69) is 41.7 Å². The van der Waals surface area contributed by atoms with E-state index in [-0.39, 0.29) is 18.6 Å². The summed E-state index contributed by atoms with van der Waals surface area (Å²) in [6, 6.07) is 15.5. The molecule has 0 amide bonds. The maximum Gasteiger partial charge on any atom is 0.328 e. The second-order valence-electron chi connectivity index (χ2n) is 10.5. The molecule has 1 aliphatic carbocycles. The third-order valence-electron chi connectivity index (χ3n) is 6.96. The molecule has 1 aliphatic rings. The van der Waals surface area contributed by atoms with Crippen LogP contribution in [0.3, 0.4) is 0 Å². The van der Waals surface area contributed by atoms with Crippen molar-refractivity contribution in [3.05, 3.63) is 99.6 Å². The number of hydrogen-bond acceptors (Lipinski definition) is 5.